The van der Waals surface area contributed by atoms with E-state index >= 15 is 0 Å². The second-order valence-corrected chi connectivity index (χ2v) is 6.72. The molecule has 0 radical (unpaired) electrons. The molecule has 1 heterocycles. The highest BCUT2D eigenvalue weighted by Crippen LogP contribution is 2.43. The zero-order valence-electron chi connectivity index (χ0n) is 11.4. The molecule has 1 aliphatic carbocycles. The minimum atomic E-state index is 0.275. The second-order valence-electron chi connectivity index (χ2n) is 6.42. The van der Waals surface area contributed by atoms with Crippen LogP contribution < -0.4 is 0 Å². The highest BCUT2D eigenvalue weighted by molar-refractivity contribution is 6.18. The molecular weight excluding hydrogens is 232 g/mol. The van der Waals surface area contributed by atoms with E-state index in [0.717, 1.165) is 5.88 Å². The van der Waals surface area contributed by atoms with Crippen LogP contribution in [0.1, 0.15) is 65.2 Å². The molecule has 17 heavy (non-hydrogen) atoms. The van der Waals surface area contributed by atoms with E-state index in [1.807, 2.05) is 0 Å². The van der Waals surface area contributed by atoms with E-state index in [-0.39, 0.29) is 5.60 Å². The van der Waals surface area contributed by atoms with Gasteiger partial charge in [-0.05, 0) is 43.9 Å². The van der Waals surface area contributed by atoms with Crippen LogP contribution in [0.25, 0.3) is 0 Å². The van der Waals surface area contributed by atoms with Gasteiger partial charge in [-0.1, -0.05) is 33.1 Å². The molecule has 0 amide bonds. The highest BCUT2D eigenvalue weighted by Gasteiger charge is 2.41. The van der Waals surface area contributed by atoms with Gasteiger partial charge >= 0.3 is 0 Å². The van der Waals surface area contributed by atoms with E-state index in [9.17, 15) is 0 Å². The van der Waals surface area contributed by atoms with Gasteiger partial charge in [0.15, 0.2) is 0 Å². The lowest BCUT2D eigenvalue weighted by Crippen LogP contribution is -2.32. The van der Waals surface area contributed by atoms with Crippen molar-refractivity contribution in [1.82, 2.24) is 0 Å². The van der Waals surface area contributed by atoms with Crippen molar-refractivity contribution in [2.75, 3.05) is 5.88 Å². The summed E-state index contributed by atoms with van der Waals surface area (Å²) in [6.45, 7) is 4.55. The Morgan fingerprint density at radius 1 is 1.18 bits per heavy atom. The molecule has 1 aliphatic heterocycles. The summed E-state index contributed by atoms with van der Waals surface area (Å²) in [5.41, 5.74) is 0.275. The molecule has 0 aromatic rings. The van der Waals surface area contributed by atoms with Crippen molar-refractivity contribution in [3.05, 3.63) is 0 Å². The second kappa shape index (κ2) is 5.93. The van der Waals surface area contributed by atoms with Crippen LogP contribution in [-0.2, 0) is 4.74 Å². The Bertz CT molecular complexity index is 233. The average Bonchev–Trinajstić information content (AvgIpc) is 2.70. The van der Waals surface area contributed by atoms with Crippen LogP contribution in [0.3, 0.4) is 0 Å². The van der Waals surface area contributed by atoms with Crippen LogP contribution in [0, 0.1) is 11.8 Å². The molecule has 100 valence electrons. The summed E-state index contributed by atoms with van der Waals surface area (Å²) >= 11 is 6.06. The molecule has 1 spiro atoms. The van der Waals surface area contributed by atoms with Gasteiger partial charge < -0.3 is 4.74 Å². The maximum absolute atomic E-state index is 6.41. The molecule has 0 N–H and O–H groups in total. The molecule has 0 bridgehead atoms. The van der Waals surface area contributed by atoms with E-state index in [1.165, 1.54) is 51.4 Å². The third-order valence-electron chi connectivity index (χ3n) is 4.81. The van der Waals surface area contributed by atoms with Crippen molar-refractivity contribution in [1.29, 1.82) is 0 Å². The Balaban J connectivity index is 1.84. The molecule has 0 aromatic carbocycles. The van der Waals surface area contributed by atoms with Gasteiger partial charge in [0.1, 0.15) is 0 Å². The van der Waals surface area contributed by atoms with Gasteiger partial charge in [-0.2, -0.15) is 0 Å². The van der Waals surface area contributed by atoms with Gasteiger partial charge in [0, 0.05) is 5.88 Å². The summed E-state index contributed by atoms with van der Waals surface area (Å²) in [4.78, 5) is 0. The number of rotatable bonds is 4. The third-order valence-corrected chi connectivity index (χ3v) is 5.21. The van der Waals surface area contributed by atoms with Gasteiger partial charge in [-0.15, -0.1) is 11.6 Å². The van der Waals surface area contributed by atoms with Crippen molar-refractivity contribution in [2.45, 2.75) is 76.9 Å². The van der Waals surface area contributed by atoms with Crippen LogP contribution in [0.15, 0.2) is 0 Å². The van der Waals surface area contributed by atoms with E-state index in [4.69, 9.17) is 16.3 Å². The maximum atomic E-state index is 6.41. The molecule has 0 aromatic heterocycles. The maximum Gasteiger partial charge on any atom is 0.0687 e. The molecule has 2 rings (SSSR count). The largest absolute Gasteiger partial charge is 0.372 e. The zero-order chi connectivity index (χ0) is 12.3. The Morgan fingerprint density at radius 2 is 1.88 bits per heavy atom. The standard InChI is InChI=1S/C15H27ClO/c1-12(2)13(11-16)10-14-6-9-15(17-14)7-4-3-5-8-15/h12-14H,3-11H2,1-2H3. The molecule has 1 saturated heterocycles. The minimum Gasteiger partial charge on any atom is -0.372 e. The van der Waals surface area contributed by atoms with Gasteiger partial charge in [0.25, 0.3) is 0 Å². The van der Waals surface area contributed by atoms with Gasteiger partial charge in [0.2, 0.25) is 0 Å². The van der Waals surface area contributed by atoms with Crippen molar-refractivity contribution in [3.8, 4) is 0 Å². The number of ether oxygens (including phenoxy) is 1. The molecule has 2 unspecified atom stereocenters. The normalized spacial score (nSPS) is 30.0. The number of halogens is 1. The lowest BCUT2D eigenvalue weighted by atomic mass is 9.83. The summed E-state index contributed by atoms with van der Waals surface area (Å²) in [6.07, 6.45) is 11.0. The minimum absolute atomic E-state index is 0.275. The molecule has 1 saturated carbocycles. The predicted octanol–water partition coefficient (Wildman–Crippen LogP) is 4.77. The first kappa shape index (κ1) is 13.7. The van der Waals surface area contributed by atoms with Gasteiger partial charge in [0.05, 0.1) is 11.7 Å². The Morgan fingerprint density at radius 3 is 2.47 bits per heavy atom. The molecular formula is C15H27ClO. The lowest BCUT2D eigenvalue weighted by molar-refractivity contribution is -0.0705. The van der Waals surface area contributed by atoms with E-state index < -0.39 is 0 Å². The number of alkyl halides is 1. The summed E-state index contributed by atoms with van der Waals surface area (Å²) in [7, 11) is 0. The molecule has 2 heteroatoms. The monoisotopic (exact) mass is 258 g/mol. The first-order valence-electron chi connectivity index (χ1n) is 7.39. The fraction of sp³-hybridized carbons (Fsp3) is 1.00. The quantitative estimate of drug-likeness (QED) is 0.660. The highest BCUT2D eigenvalue weighted by atomic mass is 35.5. The zero-order valence-corrected chi connectivity index (χ0v) is 12.1. The first-order valence-corrected chi connectivity index (χ1v) is 7.92. The van der Waals surface area contributed by atoms with Crippen LogP contribution in [0.2, 0.25) is 0 Å². The van der Waals surface area contributed by atoms with E-state index in [2.05, 4.69) is 13.8 Å². The smallest absolute Gasteiger partial charge is 0.0687 e. The van der Waals surface area contributed by atoms with Gasteiger partial charge in [-0.25, -0.2) is 0 Å². The van der Waals surface area contributed by atoms with Crippen molar-refractivity contribution >= 4 is 11.6 Å². The molecule has 2 fully saturated rings. The van der Waals surface area contributed by atoms with Crippen LogP contribution in [0.4, 0.5) is 0 Å². The van der Waals surface area contributed by atoms with Crippen LogP contribution in [0.5, 0.6) is 0 Å². The topological polar surface area (TPSA) is 9.23 Å². The summed E-state index contributed by atoms with van der Waals surface area (Å²) < 4.78 is 6.41. The van der Waals surface area contributed by atoms with Crippen LogP contribution in [-0.4, -0.2) is 17.6 Å². The van der Waals surface area contributed by atoms with Crippen molar-refractivity contribution < 1.29 is 4.74 Å². The molecule has 2 aliphatic rings. The Labute approximate surface area is 111 Å². The fourth-order valence-electron chi connectivity index (χ4n) is 3.48. The summed E-state index contributed by atoms with van der Waals surface area (Å²) in [6, 6.07) is 0. The Kier molecular flexibility index (Phi) is 4.77. The van der Waals surface area contributed by atoms with E-state index in [0.29, 0.717) is 17.9 Å². The molecule has 1 nitrogen and oxygen atoms in total. The predicted molar refractivity (Wildman–Crippen MR) is 73.6 cm³/mol. The lowest BCUT2D eigenvalue weighted by Gasteiger charge is -2.34. The van der Waals surface area contributed by atoms with Crippen molar-refractivity contribution in [2.24, 2.45) is 11.8 Å². The summed E-state index contributed by atoms with van der Waals surface area (Å²) in [5, 5.41) is 0. The number of hydrogen-bond acceptors (Lipinski definition) is 1. The van der Waals surface area contributed by atoms with Crippen molar-refractivity contribution in [3.63, 3.8) is 0 Å². The van der Waals surface area contributed by atoms with Gasteiger partial charge in [-0.3, -0.25) is 0 Å². The first-order chi connectivity index (χ1) is 8.15. The average molecular weight is 259 g/mol. The Hall–Kier alpha value is 0.250. The summed E-state index contributed by atoms with van der Waals surface area (Å²) in [5.74, 6) is 2.09. The van der Waals surface area contributed by atoms with E-state index in [1.54, 1.807) is 0 Å². The SMILES string of the molecule is CC(C)C(CCl)CC1CCC2(CCCCC2)O1. The fourth-order valence-corrected chi connectivity index (χ4v) is 3.96. The molecule has 2 atom stereocenters. The number of hydrogen-bond donors (Lipinski definition) is 0. The van der Waals surface area contributed by atoms with Crippen LogP contribution >= 0.6 is 11.6 Å². The third kappa shape index (κ3) is 3.38.